The van der Waals surface area contributed by atoms with Crippen LogP contribution in [-0.2, 0) is 12.6 Å². The third kappa shape index (κ3) is 5.40. The first-order valence-corrected chi connectivity index (χ1v) is 12.4. The van der Waals surface area contributed by atoms with Crippen molar-refractivity contribution in [2.75, 3.05) is 6.54 Å². The van der Waals surface area contributed by atoms with Crippen LogP contribution in [0.5, 0.6) is 0 Å². The van der Waals surface area contributed by atoms with Gasteiger partial charge in [0.15, 0.2) is 5.43 Å². The number of aromatic nitrogens is 1. The summed E-state index contributed by atoms with van der Waals surface area (Å²) >= 11 is 6.11. The van der Waals surface area contributed by atoms with E-state index in [-0.39, 0.29) is 11.3 Å². The number of pyridine rings is 1. The van der Waals surface area contributed by atoms with Crippen molar-refractivity contribution in [3.05, 3.63) is 80.1 Å². The largest absolute Gasteiger partial charge is 0.428 e. The number of benzene rings is 2. The zero-order valence-electron chi connectivity index (χ0n) is 19.5. The fourth-order valence-electron chi connectivity index (χ4n) is 4.77. The van der Waals surface area contributed by atoms with E-state index >= 15 is 0 Å². The Morgan fingerprint density at radius 2 is 1.77 bits per heavy atom. The molecule has 1 aliphatic carbocycles. The van der Waals surface area contributed by atoms with E-state index in [0.29, 0.717) is 57.8 Å². The number of nitrogens with zero attached hydrogens (tertiary/aromatic N) is 2. The molecular formula is C27H28ClF3N2O2. The maximum Gasteiger partial charge on any atom is 0.416 e. The maximum absolute atomic E-state index is 13.5. The fourth-order valence-corrected chi connectivity index (χ4v) is 4.94. The Labute approximate surface area is 207 Å². The monoisotopic (exact) mass is 504 g/mol. The molecule has 1 aromatic heterocycles. The molecule has 0 saturated heterocycles. The Hall–Kier alpha value is -2.80. The van der Waals surface area contributed by atoms with Gasteiger partial charge in [0.1, 0.15) is 0 Å². The van der Waals surface area contributed by atoms with Crippen LogP contribution < -0.4 is 5.43 Å². The van der Waals surface area contributed by atoms with Crippen molar-refractivity contribution >= 4 is 28.2 Å². The van der Waals surface area contributed by atoms with E-state index in [9.17, 15) is 23.2 Å². The summed E-state index contributed by atoms with van der Waals surface area (Å²) in [4.78, 5) is 18.2. The zero-order chi connectivity index (χ0) is 25.2. The van der Waals surface area contributed by atoms with Gasteiger partial charge in [-0.1, -0.05) is 56.3 Å². The Bertz CT molecular complexity index is 1300. The summed E-state index contributed by atoms with van der Waals surface area (Å²) in [7, 11) is 0. The predicted octanol–water partition coefficient (Wildman–Crippen LogP) is 7.40. The lowest BCUT2D eigenvalue weighted by atomic mass is 9.80. The lowest BCUT2D eigenvalue weighted by Gasteiger charge is -2.28. The fraction of sp³-hybridized carbons (Fsp3) is 0.407. The minimum absolute atomic E-state index is 0.217. The molecule has 0 aliphatic heterocycles. The van der Waals surface area contributed by atoms with Gasteiger partial charge in [0.2, 0.25) is 0 Å². The maximum atomic E-state index is 13.5. The highest BCUT2D eigenvalue weighted by molar-refractivity contribution is 6.31. The molecule has 4 rings (SSSR count). The molecule has 1 heterocycles. The van der Waals surface area contributed by atoms with Crippen molar-refractivity contribution in [1.29, 1.82) is 0 Å². The molecule has 8 heteroatoms. The minimum Gasteiger partial charge on any atom is -0.428 e. The van der Waals surface area contributed by atoms with E-state index < -0.39 is 11.7 Å². The molecule has 35 heavy (non-hydrogen) atoms. The molecule has 0 spiro atoms. The second-order valence-corrected chi connectivity index (χ2v) is 9.53. The second kappa shape index (κ2) is 10.4. The van der Waals surface area contributed by atoms with Gasteiger partial charge in [-0.25, -0.2) is 0 Å². The summed E-state index contributed by atoms with van der Waals surface area (Å²) in [6.45, 7) is 2.70. The third-order valence-electron chi connectivity index (χ3n) is 6.64. The molecule has 0 bridgehead atoms. The third-order valence-corrected chi connectivity index (χ3v) is 6.88. The van der Waals surface area contributed by atoms with E-state index in [2.05, 4.69) is 6.92 Å². The van der Waals surface area contributed by atoms with Gasteiger partial charge in [-0.15, -0.1) is 0 Å². The molecule has 4 nitrogen and oxygen atoms in total. The molecule has 0 radical (unpaired) electrons. The van der Waals surface area contributed by atoms with Gasteiger partial charge in [0, 0.05) is 17.3 Å². The number of rotatable bonds is 7. The first-order chi connectivity index (χ1) is 16.7. The molecular weight excluding hydrogens is 477 g/mol. The number of unbranched alkanes of at least 4 members (excludes halogenated alkanes) is 4. The number of halogens is 4. The molecule has 2 aromatic carbocycles. The van der Waals surface area contributed by atoms with Crippen molar-refractivity contribution in [3.8, 4) is 0 Å². The van der Waals surface area contributed by atoms with Gasteiger partial charge in [-0.2, -0.15) is 17.9 Å². The van der Waals surface area contributed by atoms with Crippen LogP contribution in [0.2, 0.25) is 5.02 Å². The Morgan fingerprint density at radius 1 is 1.06 bits per heavy atom. The number of hydrogen-bond acceptors (Lipinski definition) is 3. The van der Waals surface area contributed by atoms with Crippen LogP contribution in [0, 0.1) is 0 Å². The van der Waals surface area contributed by atoms with Crippen LogP contribution in [0.25, 0.3) is 10.9 Å². The van der Waals surface area contributed by atoms with Crippen molar-refractivity contribution in [2.24, 2.45) is 4.99 Å². The van der Waals surface area contributed by atoms with Crippen LogP contribution in [0.1, 0.15) is 73.8 Å². The lowest BCUT2D eigenvalue weighted by Crippen LogP contribution is -2.31. The highest BCUT2D eigenvalue weighted by atomic mass is 35.5. The Balaban J connectivity index is 1.75. The quantitative estimate of drug-likeness (QED) is 0.269. The smallest absolute Gasteiger partial charge is 0.416 e. The van der Waals surface area contributed by atoms with Gasteiger partial charge in [-0.3, -0.25) is 9.79 Å². The van der Waals surface area contributed by atoms with Gasteiger partial charge < -0.3 is 5.21 Å². The predicted molar refractivity (Wildman–Crippen MR) is 133 cm³/mol. The summed E-state index contributed by atoms with van der Waals surface area (Å²) < 4.78 is 40.1. The molecule has 0 fully saturated rings. The van der Waals surface area contributed by atoms with Crippen LogP contribution in [0.4, 0.5) is 13.2 Å². The van der Waals surface area contributed by atoms with Gasteiger partial charge >= 0.3 is 6.18 Å². The number of aliphatic imine (C=N–C) groups is 1. The van der Waals surface area contributed by atoms with E-state index in [4.69, 9.17) is 16.6 Å². The number of hydrogen-bond donors (Lipinski definition) is 1. The first kappa shape index (κ1) is 25.3. The highest BCUT2D eigenvalue weighted by Crippen LogP contribution is 2.36. The summed E-state index contributed by atoms with van der Waals surface area (Å²) in [5.74, 6) is -0.217. The summed E-state index contributed by atoms with van der Waals surface area (Å²) in [6.07, 6.45) is 1.66. The Morgan fingerprint density at radius 3 is 2.46 bits per heavy atom. The molecule has 0 amide bonds. The molecule has 1 unspecified atom stereocenters. The topological polar surface area (TPSA) is 54.6 Å². The minimum atomic E-state index is -4.41. The summed E-state index contributed by atoms with van der Waals surface area (Å²) in [6, 6.07) is 9.82. The Kier molecular flexibility index (Phi) is 7.55. The molecule has 186 valence electrons. The van der Waals surface area contributed by atoms with E-state index in [1.54, 1.807) is 12.1 Å². The number of fused-ring (bicyclic) bond motifs is 2. The summed E-state index contributed by atoms with van der Waals surface area (Å²) in [5, 5.41) is 11.7. The van der Waals surface area contributed by atoms with Crippen LogP contribution in [-0.4, -0.2) is 22.2 Å². The normalized spacial score (nSPS) is 17.2. The molecule has 1 aliphatic rings. The van der Waals surface area contributed by atoms with Crippen molar-refractivity contribution in [1.82, 2.24) is 4.73 Å². The SMILES string of the molecule is CCCCCCCN=C1CC(c2ccc(C(F)(F)F)cc2)Cc2c1c(=O)c1cc(Cl)ccc1n2O. The van der Waals surface area contributed by atoms with Crippen molar-refractivity contribution in [2.45, 2.75) is 64.0 Å². The van der Waals surface area contributed by atoms with Gasteiger partial charge in [-0.05, 0) is 61.1 Å². The van der Waals surface area contributed by atoms with Crippen LogP contribution in [0.15, 0.2) is 52.3 Å². The van der Waals surface area contributed by atoms with Crippen molar-refractivity contribution < 1.29 is 18.4 Å². The van der Waals surface area contributed by atoms with Crippen LogP contribution >= 0.6 is 11.6 Å². The van der Waals surface area contributed by atoms with E-state index in [1.807, 2.05) is 0 Å². The molecule has 3 aromatic rings. The average Bonchev–Trinajstić information content (AvgIpc) is 2.83. The lowest BCUT2D eigenvalue weighted by molar-refractivity contribution is -0.137. The van der Waals surface area contributed by atoms with Gasteiger partial charge in [0.25, 0.3) is 0 Å². The standard InChI is InChI=1S/C27H28ClF3N2O2/c1-2-3-4-5-6-13-32-22-14-18(17-7-9-19(10-8-17)27(29,30)31)15-24-25(22)26(34)21-16-20(28)11-12-23(21)33(24)35/h7-12,16,18,35H,2-6,13-15H2,1H3. The summed E-state index contributed by atoms with van der Waals surface area (Å²) in [5.41, 5.74) is 1.48. The highest BCUT2D eigenvalue weighted by Gasteiger charge is 2.33. The number of alkyl halides is 3. The van der Waals surface area contributed by atoms with Crippen molar-refractivity contribution in [3.63, 3.8) is 0 Å². The molecule has 1 atom stereocenters. The first-order valence-electron chi connectivity index (χ1n) is 12.0. The molecule has 0 saturated carbocycles. The molecule has 1 N–H and O–H groups in total. The van der Waals surface area contributed by atoms with Gasteiger partial charge in [0.05, 0.1) is 27.7 Å². The second-order valence-electron chi connectivity index (χ2n) is 9.09. The van der Waals surface area contributed by atoms with E-state index in [1.165, 1.54) is 18.2 Å². The zero-order valence-corrected chi connectivity index (χ0v) is 20.3. The van der Waals surface area contributed by atoms with E-state index in [0.717, 1.165) is 49.0 Å². The van der Waals surface area contributed by atoms with Crippen LogP contribution in [0.3, 0.4) is 0 Å². The average molecular weight is 505 g/mol.